The summed E-state index contributed by atoms with van der Waals surface area (Å²) in [6.45, 7) is 1.79. The summed E-state index contributed by atoms with van der Waals surface area (Å²) in [5.41, 5.74) is 6.78. The summed E-state index contributed by atoms with van der Waals surface area (Å²) in [6, 6.07) is 11.1. The summed E-state index contributed by atoms with van der Waals surface area (Å²) in [5, 5.41) is 3.30. The van der Waals surface area contributed by atoms with Gasteiger partial charge in [-0.05, 0) is 48.9 Å². The number of carbonyl (C=O) groups is 2. The van der Waals surface area contributed by atoms with Gasteiger partial charge in [0, 0.05) is 17.3 Å². The van der Waals surface area contributed by atoms with Crippen LogP contribution in [0.15, 0.2) is 54.9 Å². The number of thiazole rings is 1. The highest BCUT2D eigenvalue weighted by molar-refractivity contribution is 7.16. The Labute approximate surface area is 202 Å². The highest BCUT2D eigenvalue weighted by Gasteiger charge is 2.17. The van der Waals surface area contributed by atoms with Crippen molar-refractivity contribution in [2.45, 2.75) is 13.3 Å². The quantitative estimate of drug-likeness (QED) is 0.355. The number of hydrogen-bond acceptors (Lipinski definition) is 7. The van der Waals surface area contributed by atoms with E-state index in [0.717, 1.165) is 4.88 Å². The van der Waals surface area contributed by atoms with E-state index in [-0.39, 0.29) is 40.1 Å². The lowest BCUT2D eigenvalue weighted by Gasteiger charge is -2.10. The van der Waals surface area contributed by atoms with E-state index in [9.17, 15) is 14.0 Å². The molecular weight excluding hydrogens is 481 g/mol. The minimum Gasteiger partial charge on any atom is -0.437 e. The van der Waals surface area contributed by atoms with E-state index in [0.29, 0.717) is 16.4 Å². The molecule has 8 nitrogen and oxygen atoms in total. The van der Waals surface area contributed by atoms with E-state index in [4.69, 9.17) is 22.1 Å². The molecule has 0 spiro atoms. The first-order valence-electron chi connectivity index (χ1n) is 9.91. The lowest BCUT2D eigenvalue weighted by atomic mass is 10.1. The molecule has 0 saturated carbocycles. The number of nitrogens with two attached hydrogens (primary N) is 1. The standard InChI is InChI=1S/C23H17ClFN5O3S/c1-12-19(14-4-2-8-27-20(14)25)30-23(34-12)29-18(31)11-13-6-7-17(16(24)10-13)33-22-15(21(26)32)5-3-9-28-22/h2-10H,11H2,1H3,(H2,26,32)(H,29,30,31). The van der Waals surface area contributed by atoms with Crippen LogP contribution in [0.4, 0.5) is 9.52 Å². The van der Waals surface area contributed by atoms with Crippen molar-refractivity contribution < 1.29 is 18.7 Å². The van der Waals surface area contributed by atoms with Gasteiger partial charge in [-0.2, -0.15) is 4.39 Å². The molecule has 4 rings (SSSR count). The first kappa shape index (κ1) is 23.3. The molecule has 0 fully saturated rings. The van der Waals surface area contributed by atoms with Crippen molar-refractivity contribution in [3.63, 3.8) is 0 Å². The lowest BCUT2D eigenvalue weighted by molar-refractivity contribution is -0.115. The van der Waals surface area contributed by atoms with Crippen molar-refractivity contribution in [3.8, 4) is 22.9 Å². The number of primary amides is 1. The molecule has 3 N–H and O–H groups in total. The van der Waals surface area contributed by atoms with Crippen LogP contribution in [0.25, 0.3) is 11.3 Å². The number of benzene rings is 1. The van der Waals surface area contributed by atoms with Crippen LogP contribution < -0.4 is 15.8 Å². The fourth-order valence-electron chi connectivity index (χ4n) is 3.11. The molecule has 2 amide bonds. The maximum Gasteiger partial charge on any atom is 0.254 e. The van der Waals surface area contributed by atoms with E-state index in [1.807, 2.05) is 0 Å². The second kappa shape index (κ2) is 9.94. The van der Waals surface area contributed by atoms with Crippen LogP contribution in [0.5, 0.6) is 11.6 Å². The molecule has 0 aliphatic heterocycles. The van der Waals surface area contributed by atoms with E-state index in [1.54, 1.807) is 43.3 Å². The number of nitrogens with zero attached hydrogens (tertiary/aromatic N) is 3. The normalized spacial score (nSPS) is 10.7. The van der Waals surface area contributed by atoms with Crippen LogP contribution in [0, 0.1) is 12.9 Å². The van der Waals surface area contributed by atoms with Gasteiger partial charge in [-0.1, -0.05) is 17.7 Å². The Kier molecular flexibility index (Phi) is 6.80. The van der Waals surface area contributed by atoms with Gasteiger partial charge in [0.2, 0.25) is 17.7 Å². The molecule has 0 radical (unpaired) electrons. The molecule has 0 atom stereocenters. The van der Waals surface area contributed by atoms with E-state index >= 15 is 0 Å². The molecule has 3 aromatic heterocycles. The van der Waals surface area contributed by atoms with Crippen LogP contribution in [0.3, 0.4) is 0 Å². The van der Waals surface area contributed by atoms with E-state index in [2.05, 4.69) is 20.3 Å². The van der Waals surface area contributed by atoms with Gasteiger partial charge in [-0.25, -0.2) is 15.0 Å². The average Bonchev–Trinajstić information content (AvgIpc) is 3.15. The number of ether oxygens (including phenoxy) is 1. The number of nitrogens with one attached hydrogen (secondary N) is 1. The number of anilines is 1. The largest absolute Gasteiger partial charge is 0.437 e. The zero-order chi connectivity index (χ0) is 24.2. The summed E-state index contributed by atoms with van der Waals surface area (Å²) >= 11 is 7.55. The number of aryl methyl sites for hydroxylation is 1. The van der Waals surface area contributed by atoms with Crippen LogP contribution in [0.1, 0.15) is 20.8 Å². The summed E-state index contributed by atoms with van der Waals surface area (Å²) < 4.78 is 19.6. The topological polar surface area (TPSA) is 120 Å². The summed E-state index contributed by atoms with van der Waals surface area (Å²) in [5.74, 6) is -1.34. The fraction of sp³-hybridized carbons (Fsp3) is 0.0870. The third-order valence-corrected chi connectivity index (χ3v) is 5.84. The maximum absolute atomic E-state index is 14.0. The Morgan fingerprint density at radius 2 is 1.94 bits per heavy atom. The van der Waals surface area contributed by atoms with Gasteiger partial charge in [0.25, 0.3) is 5.91 Å². The molecule has 172 valence electrons. The number of hydrogen-bond donors (Lipinski definition) is 2. The maximum atomic E-state index is 14.0. The number of pyridine rings is 2. The van der Waals surface area contributed by atoms with Gasteiger partial charge in [-0.15, -0.1) is 11.3 Å². The predicted molar refractivity (Wildman–Crippen MR) is 127 cm³/mol. The van der Waals surface area contributed by atoms with Gasteiger partial charge < -0.3 is 15.8 Å². The number of rotatable bonds is 7. The van der Waals surface area contributed by atoms with Crippen molar-refractivity contribution in [2.24, 2.45) is 5.73 Å². The van der Waals surface area contributed by atoms with Crippen LogP contribution in [-0.2, 0) is 11.2 Å². The van der Waals surface area contributed by atoms with Crippen molar-refractivity contribution in [1.29, 1.82) is 0 Å². The molecular formula is C23H17ClFN5O3S. The molecule has 11 heteroatoms. The number of amides is 2. The van der Waals surface area contributed by atoms with Crippen molar-refractivity contribution in [3.05, 3.63) is 81.8 Å². The van der Waals surface area contributed by atoms with Gasteiger partial charge in [0.1, 0.15) is 11.3 Å². The van der Waals surface area contributed by atoms with E-state index in [1.165, 1.54) is 29.8 Å². The van der Waals surface area contributed by atoms with Crippen LogP contribution in [-0.4, -0.2) is 26.8 Å². The SMILES string of the molecule is Cc1sc(NC(=O)Cc2ccc(Oc3ncccc3C(N)=O)c(Cl)c2)nc1-c1cccnc1F. The minimum atomic E-state index is -0.681. The fourth-order valence-corrected chi connectivity index (χ4v) is 4.20. The zero-order valence-corrected chi connectivity index (χ0v) is 19.3. The molecule has 0 saturated heterocycles. The summed E-state index contributed by atoms with van der Waals surface area (Å²) in [6.07, 6.45) is 2.84. The van der Waals surface area contributed by atoms with Gasteiger partial charge in [0.05, 0.1) is 22.7 Å². The number of carbonyl (C=O) groups excluding carboxylic acids is 2. The molecule has 3 heterocycles. The molecule has 0 aliphatic carbocycles. The third-order valence-electron chi connectivity index (χ3n) is 4.66. The van der Waals surface area contributed by atoms with Gasteiger partial charge in [-0.3, -0.25) is 9.59 Å². The molecule has 1 aromatic carbocycles. The molecule has 4 aromatic rings. The summed E-state index contributed by atoms with van der Waals surface area (Å²) in [4.78, 5) is 36.8. The zero-order valence-electron chi connectivity index (χ0n) is 17.7. The molecule has 0 aliphatic rings. The Balaban J connectivity index is 1.45. The first-order chi connectivity index (χ1) is 16.3. The monoisotopic (exact) mass is 497 g/mol. The Bertz CT molecular complexity index is 1390. The van der Waals surface area contributed by atoms with Crippen molar-refractivity contribution in [1.82, 2.24) is 15.0 Å². The van der Waals surface area contributed by atoms with Crippen molar-refractivity contribution >= 4 is 39.9 Å². The van der Waals surface area contributed by atoms with Gasteiger partial charge in [0.15, 0.2) is 5.13 Å². The minimum absolute atomic E-state index is 0.0192. The van der Waals surface area contributed by atoms with Crippen LogP contribution in [0.2, 0.25) is 5.02 Å². The second-order valence-corrected chi connectivity index (χ2v) is 8.69. The predicted octanol–water partition coefficient (Wildman–Crippen LogP) is 4.77. The Hall–Kier alpha value is -3.89. The molecule has 0 unspecified atom stereocenters. The van der Waals surface area contributed by atoms with E-state index < -0.39 is 11.9 Å². The Morgan fingerprint density at radius 1 is 1.18 bits per heavy atom. The smallest absolute Gasteiger partial charge is 0.254 e. The second-order valence-electron chi connectivity index (χ2n) is 7.08. The van der Waals surface area contributed by atoms with Gasteiger partial charge >= 0.3 is 0 Å². The van der Waals surface area contributed by atoms with Crippen LogP contribution >= 0.6 is 22.9 Å². The first-order valence-corrected chi connectivity index (χ1v) is 11.1. The number of aromatic nitrogens is 3. The highest BCUT2D eigenvalue weighted by Crippen LogP contribution is 2.32. The molecule has 0 bridgehead atoms. The third kappa shape index (κ3) is 5.19. The highest BCUT2D eigenvalue weighted by atomic mass is 35.5. The molecule has 34 heavy (non-hydrogen) atoms. The Morgan fingerprint density at radius 3 is 2.68 bits per heavy atom. The lowest BCUT2D eigenvalue weighted by Crippen LogP contribution is -2.14. The average molecular weight is 498 g/mol. The van der Waals surface area contributed by atoms with Crippen molar-refractivity contribution in [2.75, 3.05) is 5.32 Å². The summed E-state index contributed by atoms with van der Waals surface area (Å²) in [7, 11) is 0. The number of halogens is 2.